The number of hydrogen-bond acceptors (Lipinski definition) is 2. The minimum absolute atomic E-state index is 0. The highest BCUT2D eigenvalue weighted by atomic mass is 35.5. The first-order chi connectivity index (χ1) is 9.96. The highest BCUT2D eigenvalue weighted by molar-refractivity contribution is 5.85. The molecule has 2 atom stereocenters. The maximum absolute atomic E-state index is 12.3. The number of benzene rings is 1. The van der Waals surface area contributed by atoms with Crippen LogP contribution in [0.15, 0.2) is 30.3 Å². The number of nitrogens with one attached hydrogen (secondary N) is 1. The Balaban J connectivity index is 0.00000242. The highest BCUT2D eigenvalue weighted by Gasteiger charge is 2.27. The maximum atomic E-state index is 12.3. The summed E-state index contributed by atoms with van der Waals surface area (Å²) in [6, 6.07) is 10.6. The van der Waals surface area contributed by atoms with E-state index in [-0.39, 0.29) is 35.7 Å². The van der Waals surface area contributed by atoms with Crippen LogP contribution in [-0.2, 0) is 11.2 Å². The molecule has 0 bridgehead atoms. The van der Waals surface area contributed by atoms with Crippen LogP contribution in [0.25, 0.3) is 0 Å². The summed E-state index contributed by atoms with van der Waals surface area (Å²) < 4.78 is 0. The van der Waals surface area contributed by atoms with Crippen molar-refractivity contribution in [3.8, 4) is 0 Å². The normalized spacial score (nSPS) is 21.8. The van der Waals surface area contributed by atoms with E-state index in [1.165, 1.54) is 5.56 Å². The number of hydrogen-bond donors (Lipinski definition) is 2. The molecule has 2 unspecified atom stereocenters. The second-order valence-electron chi connectivity index (χ2n) is 7.17. The van der Waals surface area contributed by atoms with Crippen LogP contribution in [0.1, 0.15) is 45.1 Å². The summed E-state index contributed by atoms with van der Waals surface area (Å²) in [7, 11) is 0. The van der Waals surface area contributed by atoms with E-state index in [0.29, 0.717) is 6.54 Å². The molecule has 2 rings (SSSR count). The molecule has 1 amide bonds. The van der Waals surface area contributed by atoms with Crippen molar-refractivity contribution in [1.29, 1.82) is 0 Å². The summed E-state index contributed by atoms with van der Waals surface area (Å²) in [5.41, 5.74) is 7.35. The van der Waals surface area contributed by atoms with Gasteiger partial charge in [0.05, 0.1) is 0 Å². The molecule has 1 aliphatic rings. The minimum Gasteiger partial charge on any atom is -0.355 e. The van der Waals surface area contributed by atoms with Crippen LogP contribution in [0, 0.1) is 11.3 Å². The zero-order valence-corrected chi connectivity index (χ0v) is 14.5. The predicted molar refractivity (Wildman–Crippen MR) is 94.1 cm³/mol. The first kappa shape index (κ1) is 19.0. The van der Waals surface area contributed by atoms with Crippen molar-refractivity contribution in [2.45, 2.75) is 52.0 Å². The van der Waals surface area contributed by atoms with Gasteiger partial charge < -0.3 is 11.1 Å². The van der Waals surface area contributed by atoms with Crippen molar-refractivity contribution >= 4 is 18.3 Å². The van der Waals surface area contributed by atoms with Crippen LogP contribution in [0.3, 0.4) is 0 Å². The molecule has 0 radical (unpaired) electrons. The Morgan fingerprint density at radius 2 is 1.95 bits per heavy atom. The Morgan fingerprint density at radius 1 is 1.27 bits per heavy atom. The van der Waals surface area contributed by atoms with Gasteiger partial charge in [0, 0.05) is 18.5 Å². The summed E-state index contributed by atoms with van der Waals surface area (Å²) in [6.45, 7) is 5.12. The largest absolute Gasteiger partial charge is 0.355 e. The first-order valence-corrected chi connectivity index (χ1v) is 8.03. The second kappa shape index (κ2) is 8.54. The van der Waals surface area contributed by atoms with Crippen LogP contribution in [0.5, 0.6) is 0 Å². The van der Waals surface area contributed by atoms with Crippen molar-refractivity contribution in [3.63, 3.8) is 0 Å². The van der Waals surface area contributed by atoms with Gasteiger partial charge in [-0.05, 0) is 36.7 Å². The summed E-state index contributed by atoms with van der Waals surface area (Å²) in [6.07, 6.45) is 4.93. The van der Waals surface area contributed by atoms with Gasteiger partial charge in [-0.2, -0.15) is 0 Å². The van der Waals surface area contributed by atoms with Gasteiger partial charge in [-0.25, -0.2) is 0 Å². The molecular weight excluding hydrogens is 296 g/mol. The van der Waals surface area contributed by atoms with Crippen LogP contribution in [0.4, 0.5) is 0 Å². The van der Waals surface area contributed by atoms with E-state index in [1.807, 2.05) is 6.07 Å². The summed E-state index contributed by atoms with van der Waals surface area (Å²) in [5.74, 6) is 0.299. The fourth-order valence-corrected chi connectivity index (χ4v) is 3.15. The van der Waals surface area contributed by atoms with Gasteiger partial charge in [-0.15, -0.1) is 12.4 Å². The average molecular weight is 325 g/mol. The molecule has 0 heterocycles. The SMILES string of the molecule is CC(C)(CNC(=O)C1CCCC(N)C1)Cc1ccccc1.Cl. The van der Waals surface area contributed by atoms with Gasteiger partial charge in [0.1, 0.15) is 0 Å². The van der Waals surface area contributed by atoms with E-state index < -0.39 is 0 Å². The van der Waals surface area contributed by atoms with Crippen molar-refractivity contribution in [3.05, 3.63) is 35.9 Å². The molecule has 1 saturated carbocycles. The quantitative estimate of drug-likeness (QED) is 0.873. The molecule has 0 aliphatic heterocycles. The molecular formula is C18H29ClN2O. The predicted octanol–water partition coefficient (Wildman–Crippen LogP) is 3.31. The van der Waals surface area contributed by atoms with E-state index >= 15 is 0 Å². The van der Waals surface area contributed by atoms with E-state index in [1.54, 1.807) is 0 Å². The molecule has 1 aromatic rings. The molecule has 1 fully saturated rings. The lowest BCUT2D eigenvalue weighted by molar-refractivity contribution is -0.126. The summed E-state index contributed by atoms with van der Waals surface area (Å²) in [5, 5.41) is 3.14. The zero-order valence-electron chi connectivity index (χ0n) is 13.7. The third kappa shape index (κ3) is 5.98. The molecule has 3 N–H and O–H groups in total. The van der Waals surface area contributed by atoms with Crippen LogP contribution in [-0.4, -0.2) is 18.5 Å². The summed E-state index contributed by atoms with van der Waals surface area (Å²) >= 11 is 0. The van der Waals surface area contributed by atoms with Gasteiger partial charge >= 0.3 is 0 Å². The van der Waals surface area contributed by atoms with Crippen LogP contribution in [0.2, 0.25) is 0 Å². The Labute approximate surface area is 140 Å². The average Bonchev–Trinajstić information content (AvgIpc) is 2.45. The smallest absolute Gasteiger partial charge is 0.223 e. The number of carbonyl (C=O) groups excluding carboxylic acids is 1. The first-order valence-electron chi connectivity index (χ1n) is 8.03. The molecule has 1 aliphatic carbocycles. The van der Waals surface area contributed by atoms with Crippen molar-refractivity contribution < 1.29 is 4.79 Å². The molecule has 0 aromatic heterocycles. The second-order valence-corrected chi connectivity index (χ2v) is 7.17. The zero-order chi connectivity index (χ0) is 15.3. The third-order valence-electron chi connectivity index (χ3n) is 4.35. The Morgan fingerprint density at radius 3 is 2.59 bits per heavy atom. The van der Waals surface area contributed by atoms with Crippen LogP contribution >= 0.6 is 12.4 Å². The van der Waals surface area contributed by atoms with E-state index in [0.717, 1.165) is 32.1 Å². The molecule has 124 valence electrons. The van der Waals surface area contributed by atoms with E-state index in [2.05, 4.69) is 43.4 Å². The number of halogens is 1. The van der Waals surface area contributed by atoms with E-state index in [9.17, 15) is 4.79 Å². The third-order valence-corrected chi connectivity index (χ3v) is 4.35. The van der Waals surface area contributed by atoms with Crippen molar-refractivity contribution in [1.82, 2.24) is 5.32 Å². The van der Waals surface area contributed by atoms with Crippen LogP contribution < -0.4 is 11.1 Å². The Bertz CT molecular complexity index is 461. The molecule has 22 heavy (non-hydrogen) atoms. The topological polar surface area (TPSA) is 55.1 Å². The number of nitrogens with two attached hydrogens (primary N) is 1. The van der Waals surface area contributed by atoms with Gasteiger partial charge in [0.25, 0.3) is 0 Å². The van der Waals surface area contributed by atoms with Gasteiger partial charge in [0.15, 0.2) is 0 Å². The maximum Gasteiger partial charge on any atom is 0.223 e. The van der Waals surface area contributed by atoms with Crippen molar-refractivity contribution in [2.75, 3.05) is 6.54 Å². The molecule has 1 aromatic carbocycles. The lowest BCUT2D eigenvalue weighted by Gasteiger charge is -2.29. The van der Waals surface area contributed by atoms with Gasteiger partial charge in [0.2, 0.25) is 5.91 Å². The molecule has 0 saturated heterocycles. The molecule has 0 spiro atoms. The fraction of sp³-hybridized carbons (Fsp3) is 0.611. The molecule has 4 heteroatoms. The Hall–Kier alpha value is -1.06. The lowest BCUT2D eigenvalue weighted by atomic mass is 9.83. The number of amides is 1. The monoisotopic (exact) mass is 324 g/mol. The van der Waals surface area contributed by atoms with Gasteiger partial charge in [-0.1, -0.05) is 50.6 Å². The van der Waals surface area contributed by atoms with E-state index in [4.69, 9.17) is 5.73 Å². The fourth-order valence-electron chi connectivity index (χ4n) is 3.15. The number of rotatable bonds is 5. The standard InChI is InChI=1S/C18H28N2O.ClH/c1-18(2,12-14-7-4-3-5-8-14)13-20-17(21)15-9-6-10-16(19)11-15;/h3-5,7-8,15-16H,6,9-13,19H2,1-2H3,(H,20,21);1H. The van der Waals surface area contributed by atoms with Crippen molar-refractivity contribution in [2.24, 2.45) is 17.1 Å². The summed E-state index contributed by atoms with van der Waals surface area (Å²) in [4.78, 5) is 12.3. The number of carbonyl (C=O) groups is 1. The Kier molecular flexibility index (Phi) is 7.37. The molecule has 3 nitrogen and oxygen atoms in total. The highest BCUT2D eigenvalue weighted by Crippen LogP contribution is 2.24. The lowest BCUT2D eigenvalue weighted by Crippen LogP contribution is -2.41. The minimum atomic E-state index is 0. The van der Waals surface area contributed by atoms with Gasteiger partial charge in [-0.3, -0.25) is 4.79 Å².